The Morgan fingerprint density at radius 2 is 2.22 bits per heavy atom. The first kappa shape index (κ1) is 12.1. The molecule has 18 heavy (non-hydrogen) atoms. The Balaban J connectivity index is 1.91. The fourth-order valence-electron chi connectivity index (χ4n) is 2.40. The van der Waals surface area contributed by atoms with Gasteiger partial charge in [0, 0.05) is 32.0 Å². The Kier molecular flexibility index (Phi) is 3.09. The molecule has 0 amide bonds. The fourth-order valence-corrected chi connectivity index (χ4v) is 4.42. The summed E-state index contributed by atoms with van der Waals surface area (Å²) < 4.78 is 26.5. The summed E-state index contributed by atoms with van der Waals surface area (Å²) >= 11 is 0. The van der Waals surface area contributed by atoms with Crippen molar-refractivity contribution in [1.29, 1.82) is 0 Å². The molecule has 2 aliphatic rings. The second-order valence-corrected chi connectivity index (χ2v) is 7.03. The van der Waals surface area contributed by atoms with Crippen LogP contribution in [0, 0.1) is 0 Å². The van der Waals surface area contributed by atoms with Crippen LogP contribution >= 0.6 is 0 Å². The van der Waals surface area contributed by atoms with Crippen LogP contribution in [-0.4, -0.2) is 42.6 Å². The molecule has 2 heterocycles. The summed E-state index contributed by atoms with van der Waals surface area (Å²) in [5.74, 6) is 0. The summed E-state index contributed by atoms with van der Waals surface area (Å²) in [5, 5.41) is 3.12. The van der Waals surface area contributed by atoms with Crippen molar-refractivity contribution in [3.63, 3.8) is 0 Å². The van der Waals surface area contributed by atoms with E-state index in [0.29, 0.717) is 13.1 Å². The van der Waals surface area contributed by atoms with Crippen molar-refractivity contribution in [2.75, 3.05) is 19.6 Å². The number of aromatic nitrogens is 1. The molecule has 0 spiro atoms. The molecule has 0 radical (unpaired) electrons. The predicted octanol–water partition coefficient (Wildman–Crippen LogP) is 0.520. The third kappa shape index (κ3) is 2.15. The molecule has 1 N–H and O–H groups in total. The first-order chi connectivity index (χ1) is 8.69. The molecule has 0 bridgehead atoms. The van der Waals surface area contributed by atoms with Crippen molar-refractivity contribution in [2.45, 2.75) is 24.1 Å². The van der Waals surface area contributed by atoms with Crippen LogP contribution in [0.25, 0.3) is 0 Å². The van der Waals surface area contributed by atoms with Crippen molar-refractivity contribution in [3.05, 3.63) is 30.1 Å². The molecular formula is C12H17N3O2S. The number of piperazine rings is 1. The van der Waals surface area contributed by atoms with E-state index >= 15 is 0 Å². The van der Waals surface area contributed by atoms with Gasteiger partial charge in [-0.1, -0.05) is 6.07 Å². The van der Waals surface area contributed by atoms with Crippen LogP contribution in [-0.2, 0) is 10.0 Å². The first-order valence-electron chi connectivity index (χ1n) is 6.31. The zero-order valence-corrected chi connectivity index (χ0v) is 10.9. The summed E-state index contributed by atoms with van der Waals surface area (Å²) in [4.78, 5) is 4.09. The molecule has 0 aromatic carbocycles. The summed E-state index contributed by atoms with van der Waals surface area (Å²) in [6.07, 6.45) is 5.09. The lowest BCUT2D eigenvalue weighted by Crippen LogP contribution is -2.49. The van der Waals surface area contributed by atoms with Gasteiger partial charge in [0.2, 0.25) is 10.0 Å². The van der Waals surface area contributed by atoms with Gasteiger partial charge in [0.15, 0.2) is 0 Å². The maximum Gasteiger partial charge on any atom is 0.217 e. The normalized spacial score (nSPS) is 26.1. The van der Waals surface area contributed by atoms with Crippen LogP contribution in [0.3, 0.4) is 0 Å². The van der Waals surface area contributed by atoms with E-state index in [1.807, 2.05) is 12.1 Å². The van der Waals surface area contributed by atoms with Gasteiger partial charge in [-0.25, -0.2) is 8.42 Å². The Morgan fingerprint density at radius 1 is 1.39 bits per heavy atom. The summed E-state index contributed by atoms with van der Waals surface area (Å²) in [5.41, 5.74) is 0.967. The molecule has 1 aliphatic heterocycles. The molecule has 1 aromatic heterocycles. The highest BCUT2D eigenvalue weighted by Crippen LogP contribution is 2.35. The molecule has 6 heteroatoms. The average molecular weight is 267 g/mol. The van der Waals surface area contributed by atoms with E-state index in [1.54, 1.807) is 16.7 Å². The number of hydrogen-bond acceptors (Lipinski definition) is 4. The summed E-state index contributed by atoms with van der Waals surface area (Å²) in [7, 11) is -3.12. The summed E-state index contributed by atoms with van der Waals surface area (Å²) in [6.45, 7) is 1.94. The second-order valence-electron chi connectivity index (χ2n) is 4.86. The van der Waals surface area contributed by atoms with Gasteiger partial charge in [0.25, 0.3) is 0 Å². The van der Waals surface area contributed by atoms with Crippen LogP contribution < -0.4 is 5.32 Å². The standard InChI is InChI=1S/C12H17N3O2S/c16-18(17,11-3-4-11)15-7-6-14-9-12(15)10-2-1-5-13-8-10/h1-2,5,8,11-12,14H,3-4,6-7,9H2. The van der Waals surface area contributed by atoms with Gasteiger partial charge < -0.3 is 5.32 Å². The van der Waals surface area contributed by atoms with Gasteiger partial charge in [0.1, 0.15) is 0 Å². The lowest BCUT2D eigenvalue weighted by Gasteiger charge is -2.35. The van der Waals surface area contributed by atoms with Crippen LogP contribution in [0.2, 0.25) is 0 Å². The van der Waals surface area contributed by atoms with Gasteiger partial charge in [0.05, 0.1) is 11.3 Å². The molecular weight excluding hydrogens is 250 g/mol. The number of nitrogens with zero attached hydrogens (tertiary/aromatic N) is 2. The van der Waals surface area contributed by atoms with Crippen LogP contribution in [0.15, 0.2) is 24.5 Å². The maximum atomic E-state index is 12.4. The van der Waals surface area contributed by atoms with Crippen LogP contribution in [0.4, 0.5) is 0 Å². The highest BCUT2D eigenvalue weighted by atomic mass is 32.2. The smallest absolute Gasteiger partial charge is 0.217 e. The van der Waals surface area contributed by atoms with Crippen molar-refractivity contribution in [1.82, 2.24) is 14.6 Å². The number of pyridine rings is 1. The zero-order chi connectivity index (χ0) is 12.6. The van der Waals surface area contributed by atoms with Crippen molar-refractivity contribution < 1.29 is 8.42 Å². The molecule has 1 aromatic rings. The van der Waals surface area contributed by atoms with Crippen LogP contribution in [0.5, 0.6) is 0 Å². The maximum absolute atomic E-state index is 12.4. The minimum atomic E-state index is -3.12. The molecule has 1 saturated heterocycles. The first-order valence-corrected chi connectivity index (χ1v) is 7.81. The SMILES string of the molecule is O=S(=O)(C1CC1)N1CCNCC1c1cccnc1. The monoisotopic (exact) mass is 267 g/mol. The van der Waals surface area contributed by atoms with Gasteiger partial charge in [-0.3, -0.25) is 4.98 Å². The molecule has 2 fully saturated rings. The van der Waals surface area contributed by atoms with E-state index in [-0.39, 0.29) is 11.3 Å². The molecule has 1 unspecified atom stereocenters. The molecule has 1 atom stereocenters. The van der Waals surface area contributed by atoms with Gasteiger partial charge in [-0.15, -0.1) is 0 Å². The number of sulfonamides is 1. The van der Waals surface area contributed by atoms with Gasteiger partial charge in [-0.05, 0) is 24.5 Å². The zero-order valence-electron chi connectivity index (χ0n) is 10.1. The van der Waals surface area contributed by atoms with Crippen LogP contribution in [0.1, 0.15) is 24.4 Å². The topological polar surface area (TPSA) is 62.3 Å². The molecule has 98 valence electrons. The lowest BCUT2D eigenvalue weighted by atomic mass is 10.1. The van der Waals surface area contributed by atoms with Crippen molar-refractivity contribution in [2.24, 2.45) is 0 Å². The van der Waals surface area contributed by atoms with E-state index in [9.17, 15) is 8.42 Å². The minimum Gasteiger partial charge on any atom is -0.313 e. The van der Waals surface area contributed by atoms with E-state index in [0.717, 1.165) is 24.9 Å². The predicted molar refractivity (Wildman–Crippen MR) is 68.5 cm³/mol. The summed E-state index contributed by atoms with van der Waals surface area (Å²) in [6, 6.07) is 3.68. The minimum absolute atomic E-state index is 0.113. The largest absolute Gasteiger partial charge is 0.313 e. The average Bonchev–Trinajstić information content (AvgIpc) is 3.24. The number of rotatable bonds is 3. The third-order valence-electron chi connectivity index (χ3n) is 3.54. The molecule has 3 rings (SSSR count). The highest BCUT2D eigenvalue weighted by Gasteiger charge is 2.43. The molecule has 5 nitrogen and oxygen atoms in total. The Hall–Kier alpha value is -0.980. The second kappa shape index (κ2) is 4.60. The van der Waals surface area contributed by atoms with E-state index in [1.165, 1.54) is 0 Å². The third-order valence-corrected chi connectivity index (χ3v) is 5.94. The van der Waals surface area contributed by atoms with Gasteiger partial charge >= 0.3 is 0 Å². The van der Waals surface area contributed by atoms with Crippen molar-refractivity contribution in [3.8, 4) is 0 Å². The van der Waals surface area contributed by atoms with E-state index in [4.69, 9.17) is 0 Å². The Bertz CT molecular complexity index is 513. The van der Waals surface area contributed by atoms with E-state index in [2.05, 4.69) is 10.3 Å². The Morgan fingerprint density at radius 3 is 2.89 bits per heavy atom. The quantitative estimate of drug-likeness (QED) is 0.867. The number of nitrogens with one attached hydrogen (secondary N) is 1. The van der Waals surface area contributed by atoms with E-state index < -0.39 is 10.0 Å². The van der Waals surface area contributed by atoms with Crippen molar-refractivity contribution >= 4 is 10.0 Å². The lowest BCUT2D eigenvalue weighted by molar-refractivity contribution is 0.270. The number of hydrogen-bond donors (Lipinski definition) is 1. The highest BCUT2D eigenvalue weighted by molar-refractivity contribution is 7.90. The Labute approximate surface area is 107 Å². The molecule has 1 saturated carbocycles. The molecule has 1 aliphatic carbocycles. The van der Waals surface area contributed by atoms with Gasteiger partial charge in [-0.2, -0.15) is 4.31 Å². The fraction of sp³-hybridized carbons (Fsp3) is 0.583.